The number of carbonyl (C=O) groups excluding carboxylic acids is 1. The number of rotatable bonds is 16. The fraction of sp³-hybridized carbons (Fsp3) is 0.286. The molecule has 0 saturated heterocycles. The minimum absolute atomic E-state index is 0.120. The van der Waals surface area contributed by atoms with Crippen LogP contribution in [0.25, 0.3) is 0 Å². The van der Waals surface area contributed by atoms with Crippen molar-refractivity contribution < 1.29 is 57.9 Å². The number of Topliss-reactive ketones (excluding diaryl/α,β-unsaturated/α-hetero) is 1. The number of unbranched alkanes of at least 4 members (excludes halogenated alkanes) is 4. The second-order valence-corrected chi connectivity index (χ2v) is 16.5. The van der Waals surface area contributed by atoms with Gasteiger partial charge in [0.1, 0.15) is 31.9 Å². The first-order valence-electron chi connectivity index (χ1n) is 15.8. The topological polar surface area (TPSA) is 208 Å². The lowest BCUT2D eigenvalue weighted by atomic mass is 10.0. The summed E-state index contributed by atoms with van der Waals surface area (Å²) in [6.07, 6.45) is 3.62. The maximum Gasteiger partial charge on any atom is 0.339 e. The van der Waals surface area contributed by atoms with E-state index in [9.17, 15) is 45.4 Å². The average molecular weight is 763 g/mol. The van der Waals surface area contributed by atoms with Crippen LogP contribution in [0.2, 0.25) is 0 Å². The van der Waals surface area contributed by atoms with Crippen molar-refractivity contribution in [2.75, 3.05) is 0 Å². The van der Waals surface area contributed by atoms with Crippen molar-refractivity contribution in [1.82, 2.24) is 0 Å². The molecule has 0 aliphatic carbocycles. The minimum Gasteiger partial charge on any atom is -0.508 e. The normalized spacial score (nSPS) is 12.0. The number of ketones is 1. The van der Waals surface area contributed by atoms with Crippen molar-refractivity contribution in [2.24, 2.45) is 0 Å². The molecule has 16 heteroatoms. The average Bonchev–Trinajstić information content (AvgIpc) is 3.05. The molecule has 0 aliphatic rings. The van der Waals surface area contributed by atoms with Crippen LogP contribution >= 0.6 is 0 Å². The number of phenolic OH excluding ortho intramolecular Hbond substituents is 3. The molecule has 3 N–H and O–H groups in total. The molecule has 0 saturated carbocycles. The van der Waals surface area contributed by atoms with Crippen LogP contribution in [-0.2, 0) is 30.4 Å². The quantitative estimate of drug-likeness (QED) is 0.0627. The lowest BCUT2D eigenvalue weighted by molar-refractivity contribution is 0.0977. The summed E-state index contributed by atoms with van der Waals surface area (Å²) in [5.74, 6) is -4.94. The lowest BCUT2D eigenvalue weighted by Gasteiger charge is -2.19. The predicted octanol–water partition coefficient (Wildman–Crippen LogP) is 6.57. The van der Waals surface area contributed by atoms with Gasteiger partial charge in [-0.2, -0.15) is 25.3 Å². The molecular weight excluding hydrogens is 725 g/mol. The molecule has 0 bridgehead atoms. The Morgan fingerprint density at radius 1 is 0.549 bits per heavy atom. The van der Waals surface area contributed by atoms with Crippen molar-refractivity contribution in [3.63, 3.8) is 0 Å². The van der Waals surface area contributed by atoms with Gasteiger partial charge in [0.2, 0.25) is 11.5 Å². The van der Waals surface area contributed by atoms with Gasteiger partial charge in [0, 0.05) is 24.6 Å². The van der Waals surface area contributed by atoms with E-state index in [1.165, 1.54) is 39.0 Å². The highest BCUT2D eigenvalue weighted by Crippen LogP contribution is 2.45. The molecular formula is C35H38O13S3. The van der Waals surface area contributed by atoms with Crippen molar-refractivity contribution in [2.45, 2.75) is 80.9 Å². The van der Waals surface area contributed by atoms with Gasteiger partial charge < -0.3 is 27.9 Å². The first-order valence-corrected chi connectivity index (χ1v) is 20.0. The molecule has 274 valence electrons. The molecule has 51 heavy (non-hydrogen) atoms. The lowest BCUT2D eigenvalue weighted by Crippen LogP contribution is -2.18. The van der Waals surface area contributed by atoms with E-state index >= 15 is 0 Å². The molecule has 13 nitrogen and oxygen atoms in total. The molecule has 0 heterocycles. The number of aryl methyl sites for hydroxylation is 3. The standard InChI is InChI=1S/C35H38O13S3/c1-5-6-7-8-9-10-29(36)28-17-18-33(46-49(40,41)25-14-11-22(2)30(37)19-25)35(48-51(44,45)27-16-13-24(4)32(39)21-27)34(28)47-50(42,43)26-15-12-23(3)31(38)20-26/h11-21,37-39H,5-10H2,1-4H3. The van der Waals surface area contributed by atoms with Gasteiger partial charge in [0.25, 0.3) is 0 Å². The minimum atomic E-state index is -5.03. The Hall–Kier alpha value is -4.80. The summed E-state index contributed by atoms with van der Waals surface area (Å²) >= 11 is 0. The van der Waals surface area contributed by atoms with Gasteiger partial charge in [-0.15, -0.1) is 0 Å². The van der Waals surface area contributed by atoms with Crippen molar-refractivity contribution in [3.8, 4) is 34.5 Å². The Balaban J connectivity index is 1.96. The third-order valence-electron chi connectivity index (χ3n) is 7.88. The first-order chi connectivity index (χ1) is 23.9. The highest BCUT2D eigenvalue weighted by atomic mass is 32.2. The van der Waals surface area contributed by atoms with Crippen LogP contribution in [0.15, 0.2) is 81.4 Å². The van der Waals surface area contributed by atoms with E-state index in [0.29, 0.717) is 29.5 Å². The monoisotopic (exact) mass is 762 g/mol. The summed E-state index contributed by atoms with van der Waals surface area (Å²) in [6, 6.07) is 11.7. The predicted molar refractivity (Wildman–Crippen MR) is 186 cm³/mol. The third-order valence-corrected chi connectivity index (χ3v) is 11.5. The van der Waals surface area contributed by atoms with Gasteiger partial charge in [0.05, 0.1) is 5.56 Å². The molecule has 4 rings (SSSR count). The van der Waals surface area contributed by atoms with E-state index in [1.807, 2.05) is 6.92 Å². The summed E-state index contributed by atoms with van der Waals surface area (Å²) in [6.45, 7) is 6.55. The zero-order valence-corrected chi connectivity index (χ0v) is 30.7. The van der Waals surface area contributed by atoms with Gasteiger partial charge in [-0.05, 0) is 74.2 Å². The van der Waals surface area contributed by atoms with Crippen molar-refractivity contribution in [3.05, 3.63) is 89.0 Å². The van der Waals surface area contributed by atoms with E-state index in [1.54, 1.807) is 0 Å². The number of aromatic hydroxyl groups is 3. The fourth-order valence-electron chi connectivity index (χ4n) is 4.73. The Kier molecular flexibility index (Phi) is 11.9. The summed E-state index contributed by atoms with van der Waals surface area (Å²) < 4.78 is 97.6. The van der Waals surface area contributed by atoms with Gasteiger partial charge in [0.15, 0.2) is 11.5 Å². The molecule has 4 aromatic rings. The summed E-state index contributed by atoms with van der Waals surface area (Å²) in [5.41, 5.74) is 0.506. The van der Waals surface area contributed by atoms with Crippen LogP contribution in [0, 0.1) is 20.8 Å². The third kappa shape index (κ3) is 9.31. The smallest absolute Gasteiger partial charge is 0.339 e. The van der Waals surface area contributed by atoms with Crippen LogP contribution < -0.4 is 12.5 Å². The van der Waals surface area contributed by atoms with Crippen LogP contribution in [0.4, 0.5) is 0 Å². The molecule has 0 atom stereocenters. The van der Waals surface area contributed by atoms with Gasteiger partial charge in [-0.3, -0.25) is 4.79 Å². The highest BCUT2D eigenvalue weighted by Gasteiger charge is 2.33. The second-order valence-electron chi connectivity index (χ2n) is 11.8. The van der Waals surface area contributed by atoms with Gasteiger partial charge in [-0.1, -0.05) is 50.8 Å². The van der Waals surface area contributed by atoms with Crippen molar-refractivity contribution in [1.29, 1.82) is 0 Å². The largest absolute Gasteiger partial charge is 0.508 e. The fourth-order valence-corrected chi connectivity index (χ4v) is 7.62. The number of hydrogen-bond acceptors (Lipinski definition) is 13. The Morgan fingerprint density at radius 3 is 1.39 bits per heavy atom. The van der Waals surface area contributed by atoms with Crippen molar-refractivity contribution >= 4 is 36.1 Å². The van der Waals surface area contributed by atoms with Crippen LogP contribution in [-0.4, -0.2) is 46.4 Å². The summed E-state index contributed by atoms with van der Waals surface area (Å²) in [4.78, 5) is 11.9. The first kappa shape index (κ1) is 39.0. The summed E-state index contributed by atoms with van der Waals surface area (Å²) in [5, 5.41) is 30.6. The Morgan fingerprint density at radius 2 is 0.961 bits per heavy atom. The van der Waals surface area contributed by atoms with E-state index in [4.69, 9.17) is 12.5 Å². The summed E-state index contributed by atoms with van der Waals surface area (Å²) in [7, 11) is -14.9. The van der Waals surface area contributed by atoms with Crippen LogP contribution in [0.3, 0.4) is 0 Å². The number of hydrogen-bond donors (Lipinski definition) is 3. The van der Waals surface area contributed by atoms with E-state index in [2.05, 4.69) is 0 Å². The van der Waals surface area contributed by atoms with Crippen LogP contribution in [0.5, 0.6) is 34.5 Å². The molecule has 0 aliphatic heterocycles. The maximum atomic E-state index is 13.7. The molecule has 4 aromatic carbocycles. The molecule has 0 spiro atoms. The zero-order chi connectivity index (χ0) is 37.7. The SMILES string of the molecule is CCCCCCCC(=O)c1ccc(OS(=O)(=O)c2ccc(C)c(O)c2)c(OS(=O)(=O)c2ccc(C)c(O)c2)c1OS(=O)(=O)c1ccc(C)c(O)c1. The van der Waals surface area contributed by atoms with E-state index < -0.39 is 90.9 Å². The number of carbonyl (C=O) groups is 1. The molecule has 0 unspecified atom stereocenters. The second kappa shape index (κ2) is 15.6. The zero-order valence-electron chi connectivity index (χ0n) is 28.2. The number of phenols is 3. The van der Waals surface area contributed by atoms with E-state index in [0.717, 1.165) is 67.8 Å². The molecule has 0 radical (unpaired) electrons. The molecule has 0 aromatic heterocycles. The van der Waals surface area contributed by atoms with Gasteiger partial charge in [-0.25, -0.2) is 0 Å². The maximum absolute atomic E-state index is 13.7. The van der Waals surface area contributed by atoms with Crippen LogP contribution in [0.1, 0.15) is 72.5 Å². The highest BCUT2D eigenvalue weighted by molar-refractivity contribution is 7.87. The Labute approximate surface area is 297 Å². The number of benzene rings is 4. The molecule has 0 fully saturated rings. The van der Waals surface area contributed by atoms with Gasteiger partial charge >= 0.3 is 30.4 Å². The molecule has 0 amide bonds. The van der Waals surface area contributed by atoms with E-state index in [-0.39, 0.29) is 6.42 Å². The Bertz CT molecular complexity index is 2280.